The molecule has 7 heteroatoms. The van der Waals surface area contributed by atoms with E-state index >= 15 is 0 Å². The van der Waals surface area contributed by atoms with Crippen LogP contribution in [0.2, 0.25) is 0 Å². The highest BCUT2D eigenvalue weighted by Gasteiger charge is 2.14. The molecule has 28 heavy (non-hydrogen) atoms. The molecule has 0 aliphatic rings. The van der Waals surface area contributed by atoms with Gasteiger partial charge in [-0.2, -0.15) is 0 Å². The summed E-state index contributed by atoms with van der Waals surface area (Å²) in [5.41, 5.74) is 3.76. The fourth-order valence-corrected chi connectivity index (χ4v) is 3.93. The number of aromatic nitrogens is 1. The van der Waals surface area contributed by atoms with Gasteiger partial charge < -0.3 is 5.32 Å². The normalized spacial score (nSPS) is 11.2. The Balaban J connectivity index is 1.78. The van der Waals surface area contributed by atoms with E-state index in [2.05, 4.69) is 41.0 Å². The van der Waals surface area contributed by atoms with E-state index in [-0.39, 0.29) is 4.90 Å². The van der Waals surface area contributed by atoms with Crippen LogP contribution in [0, 0.1) is 5.82 Å². The maximum Gasteiger partial charge on any atom is 0.261 e. The third-order valence-electron chi connectivity index (χ3n) is 4.39. The summed E-state index contributed by atoms with van der Waals surface area (Å²) in [6.07, 6.45) is 3.24. The van der Waals surface area contributed by atoms with E-state index in [1.54, 1.807) is 12.1 Å². The molecule has 3 aromatic rings. The second-order valence-electron chi connectivity index (χ2n) is 6.27. The molecule has 0 aliphatic heterocycles. The first kappa shape index (κ1) is 19.8. The number of nitrogens with zero attached hydrogens (tertiary/aromatic N) is 1. The predicted molar refractivity (Wildman–Crippen MR) is 110 cm³/mol. The summed E-state index contributed by atoms with van der Waals surface area (Å²) in [5.74, 6) is 0.134. The number of sulfonamides is 1. The Hall–Kier alpha value is -2.93. The van der Waals surface area contributed by atoms with Gasteiger partial charge in [0.25, 0.3) is 10.0 Å². The fourth-order valence-electron chi connectivity index (χ4n) is 2.89. The van der Waals surface area contributed by atoms with Crippen LogP contribution in [-0.2, 0) is 22.9 Å². The lowest BCUT2D eigenvalue weighted by Crippen LogP contribution is -2.13. The zero-order valence-electron chi connectivity index (χ0n) is 15.7. The third kappa shape index (κ3) is 4.48. The molecular weight excluding hydrogens is 377 g/mol. The van der Waals surface area contributed by atoms with E-state index in [1.807, 2.05) is 6.07 Å². The lowest BCUT2D eigenvalue weighted by atomic mass is 10.0. The number of hydrogen-bond acceptors (Lipinski definition) is 4. The number of benzene rings is 2. The van der Waals surface area contributed by atoms with Crippen molar-refractivity contribution in [2.75, 3.05) is 10.0 Å². The van der Waals surface area contributed by atoms with Crippen LogP contribution in [0.5, 0.6) is 0 Å². The monoisotopic (exact) mass is 399 g/mol. The molecule has 0 saturated heterocycles. The Morgan fingerprint density at radius 2 is 1.57 bits per heavy atom. The third-order valence-corrected chi connectivity index (χ3v) is 5.79. The van der Waals surface area contributed by atoms with E-state index in [1.165, 1.54) is 29.5 Å². The Labute approximate surface area is 164 Å². The van der Waals surface area contributed by atoms with Crippen LogP contribution in [0.4, 0.5) is 21.6 Å². The Bertz CT molecular complexity index is 1030. The molecule has 0 atom stereocenters. The molecule has 1 aromatic heterocycles. The number of rotatable bonds is 7. The molecule has 2 aromatic carbocycles. The second-order valence-corrected chi connectivity index (χ2v) is 7.96. The molecule has 0 unspecified atom stereocenters. The first-order valence-electron chi connectivity index (χ1n) is 9.05. The average molecular weight is 399 g/mol. The highest BCUT2D eigenvalue weighted by Crippen LogP contribution is 2.26. The first-order valence-corrected chi connectivity index (χ1v) is 10.5. The van der Waals surface area contributed by atoms with Crippen LogP contribution in [-0.4, -0.2) is 13.4 Å². The summed E-state index contributed by atoms with van der Waals surface area (Å²) < 4.78 is 40.2. The van der Waals surface area contributed by atoms with Crippen LogP contribution in [0.25, 0.3) is 0 Å². The van der Waals surface area contributed by atoms with E-state index < -0.39 is 15.8 Å². The summed E-state index contributed by atoms with van der Waals surface area (Å²) in [6.45, 7) is 4.20. The maximum atomic E-state index is 13.0. The number of anilines is 3. The van der Waals surface area contributed by atoms with E-state index in [4.69, 9.17) is 0 Å². The van der Waals surface area contributed by atoms with Gasteiger partial charge in [-0.1, -0.05) is 32.0 Å². The molecule has 0 radical (unpaired) electrons. The van der Waals surface area contributed by atoms with Crippen molar-refractivity contribution < 1.29 is 12.8 Å². The van der Waals surface area contributed by atoms with Crippen molar-refractivity contribution in [3.63, 3.8) is 0 Å². The lowest BCUT2D eigenvalue weighted by Gasteiger charge is -2.15. The molecule has 0 saturated carbocycles. The minimum atomic E-state index is -3.80. The number of halogens is 1. The quantitative estimate of drug-likeness (QED) is 0.593. The fraction of sp³-hybridized carbons (Fsp3) is 0.190. The SMILES string of the molecule is CCc1cccc(CC)c1Nc1ccc(NS(=O)(=O)c2ccc(F)cc2)cn1. The van der Waals surface area contributed by atoms with E-state index in [9.17, 15) is 12.8 Å². The second kappa shape index (κ2) is 8.39. The average Bonchev–Trinajstić information content (AvgIpc) is 2.69. The van der Waals surface area contributed by atoms with Crippen LogP contribution in [0.3, 0.4) is 0 Å². The Morgan fingerprint density at radius 3 is 2.11 bits per heavy atom. The smallest absolute Gasteiger partial charge is 0.261 e. The van der Waals surface area contributed by atoms with Crippen LogP contribution in [0.15, 0.2) is 65.7 Å². The molecule has 2 N–H and O–H groups in total. The van der Waals surface area contributed by atoms with E-state index in [0.29, 0.717) is 11.5 Å². The first-order chi connectivity index (χ1) is 13.4. The molecule has 3 rings (SSSR count). The minimum absolute atomic E-state index is 0.0134. The van der Waals surface area contributed by atoms with Gasteiger partial charge in [0.15, 0.2) is 0 Å². The maximum absolute atomic E-state index is 13.0. The van der Waals surface area contributed by atoms with Crippen molar-refractivity contribution in [1.82, 2.24) is 4.98 Å². The Kier molecular flexibility index (Phi) is 5.94. The van der Waals surface area contributed by atoms with Gasteiger partial charge in [-0.25, -0.2) is 17.8 Å². The summed E-state index contributed by atoms with van der Waals surface area (Å²) in [5, 5.41) is 3.34. The largest absolute Gasteiger partial charge is 0.340 e. The standard InChI is InChI=1S/C21H22FN3O2S/c1-3-15-6-5-7-16(4-2)21(15)24-20-13-10-18(14-23-20)25-28(26,27)19-11-8-17(22)9-12-19/h5-14,25H,3-4H2,1-2H3,(H,23,24). The van der Waals surface area contributed by atoms with Crippen molar-refractivity contribution in [3.8, 4) is 0 Å². The van der Waals surface area contributed by atoms with Crippen molar-refractivity contribution >= 4 is 27.2 Å². The van der Waals surface area contributed by atoms with Gasteiger partial charge in [-0.05, 0) is 60.4 Å². The van der Waals surface area contributed by atoms with Gasteiger partial charge >= 0.3 is 0 Å². The van der Waals surface area contributed by atoms with Gasteiger partial charge in [0.2, 0.25) is 0 Å². The number of pyridine rings is 1. The summed E-state index contributed by atoms with van der Waals surface area (Å²) >= 11 is 0. The zero-order chi connectivity index (χ0) is 20.1. The van der Waals surface area contributed by atoms with Crippen molar-refractivity contribution in [3.05, 3.63) is 77.7 Å². The number of aryl methyl sites for hydroxylation is 2. The van der Waals surface area contributed by atoms with Crippen LogP contribution < -0.4 is 10.0 Å². The molecule has 1 heterocycles. The number of nitrogens with one attached hydrogen (secondary N) is 2. The molecule has 0 fully saturated rings. The summed E-state index contributed by atoms with van der Waals surface area (Å²) in [7, 11) is -3.80. The highest BCUT2D eigenvalue weighted by molar-refractivity contribution is 7.92. The summed E-state index contributed by atoms with van der Waals surface area (Å²) in [4.78, 5) is 4.31. The molecule has 0 spiro atoms. The lowest BCUT2D eigenvalue weighted by molar-refractivity contribution is 0.599. The van der Waals surface area contributed by atoms with Crippen LogP contribution >= 0.6 is 0 Å². The van der Waals surface area contributed by atoms with Crippen LogP contribution in [0.1, 0.15) is 25.0 Å². The predicted octanol–water partition coefficient (Wildman–Crippen LogP) is 4.89. The number of para-hydroxylation sites is 1. The van der Waals surface area contributed by atoms with Crippen molar-refractivity contribution in [2.24, 2.45) is 0 Å². The van der Waals surface area contributed by atoms with Gasteiger partial charge in [0, 0.05) is 5.69 Å². The molecular formula is C21H22FN3O2S. The molecule has 0 amide bonds. The number of hydrogen-bond donors (Lipinski definition) is 2. The highest BCUT2D eigenvalue weighted by atomic mass is 32.2. The van der Waals surface area contributed by atoms with Crippen molar-refractivity contribution in [2.45, 2.75) is 31.6 Å². The van der Waals surface area contributed by atoms with Crippen molar-refractivity contribution in [1.29, 1.82) is 0 Å². The molecule has 0 aliphatic carbocycles. The van der Waals surface area contributed by atoms with Gasteiger partial charge in [-0.3, -0.25) is 4.72 Å². The molecule has 0 bridgehead atoms. The van der Waals surface area contributed by atoms with Gasteiger partial charge in [0.05, 0.1) is 16.8 Å². The zero-order valence-corrected chi connectivity index (χ0v) is 16.6. The topological polar surface area (TPSA) is 71.1 Å². The van der Waals surface area contributed by atoms with Gasteiger partial charge in [0.1, 0.15) is 11.6 Å². The minimum Gasteiger partial charge on any atom is -0.340 e. The molecule has 5 nitrogen and oxygen atoms in total. The molecule has 146 valence electrons. The van der Waals surface area contributed by atoms with E-state index in [0.717, 1.165) is 30.7 Å². The summed E-state index contributed by atoms with van der Waals surface area (Å²) in [6, 6.07) is 14.2. The van der Waals surface area contributed by atoms with Gasteiger partial charge in [-0.15, -0.1) is 0 Å². The Morgan fingerprint density at radius 1 is 0.929 bits per heavy atom.